The Bertz CT molecular complexity index is 578. The summed E-state index contributed by atoms with van der Waals surface area (Å²) in [5.41, 5.74) is 0.793. The highest BCUT2D eigenvalue weighted by Crippen LogP contribution is 2.22. The Kier molecular flexibility index (Phi) is 3.80. The van der Waals surface area contributed by atoms with Crippen LogP contribution in [0.4, 0.5) is 4.39 Å². The van der Waals surface area contributed by atoms with E-state index in [2.05, 4.69) is 0 Å². The van der Waals surface area contributed by atoms with Crippen molar-refractivity contribution < 1.29 is 19.0 Å². The van der Waals surface area contributed by atoms with E-state index in [1.54, 1.807) is 31.2 Å². The fourth-order valence-corrected chi connectivity index (χ4v) is 1.67. The van der Waals surface area contributed by atoms with Crippen LogP contribution in [0.3, 0.4) is 0 Å². The molecule has 0 fully saturated rings. The van der Waals surface area contributed by atoms with Gasteiger partial charge in [-0.15, -0.1) is 0 Å². The number of esters is 1. The smallest absolute Gasteiger partial charge is 0.342 e. The standard InChI is InChI=1S/C15H13FO3/c1-10(11-6-8-12(16)9-7-11)19-15(18)13-4-2-3-5-14(13)17/h2-10,17H,1H3/t10-/m1/s1. The molecule has 0 aliphatic carbocycles. The van der Waals surface area contributed by atoms with Crippen LogP contribution in [0, 0.1) is 5.82 Å². The number of rotatable bonds is 3. The fraction of sp³-hybridized carbons (Fsp3) is 0.133. The molecule has 1 atom stereocenters. The van der Waals surface area contributed by atoms with E-state index < -0.39 is 12.1 Å². The predicted octanol–water partition coefficient (Wildman–Crippen LogP) is 3.45. The highest BCUT2D eigenvalue weighted by Gasteiger charge is 2.16. The maximum absolute atomic E-state index is 12.8. The van der Waals surface area contributed by atoms with Crippen LogP contribution < -0.4 is 0 Å². The molecule has 0 saturated carbocycles. The van der Waals surface area contributed by atoms with Gasteiger partial charge in [0.2, 0.25) is 0 Å². The number of phenolic OH excluding ortho intramolecular Hbond substituents is 1. The van der Waals surface area contributed by atoms with E-state index >= 15 is 0 Å². The molecule has 4 heteroatoms. The van der Waals surface area contributed by atoms with Gasteiger partial charge >= 0.3 is 5.97 Å². The van der Waals surface area contributed by atoms with Crippen LogP contribution in [0.2, 0.25) is 0 Å². The van der Waals surface area contributed by atoms with Crippen molar-refractivity contribution in [2.75, 3.05) is 0 Å². The molecule has 0 saturated heterocycles. The van der Waals surface area contributed by atoms with Crippen LogP contribution in [0.1, 0.15) is 28.9 Å². The lowest BCUT2D eigenvalue weighted by atomic mass is 10.1. The Labute approximate surface area is 110 Å². The fourth-order valence-electron chi connectivity index (χ4n) is 1.67. The summed E-state index contributed by atoms with van der Waals surface area (Å²) in [6.07, 6.45) is -0.521. The minimum Gasteiger partial charge on any atom is -0.507 e. The van der Waals surface area contributed by atoms with Crippen LogP contribution in [0.5, 0.6) is 5.75 Å². The average Bonchev–Trinajstić information content (AvgIpc) is 2.39. The van der Waals surface area contributed by atoms with E-state index in [9.17, 15) is 14.3 Å². The SMILES string of the molecule is C[C@@H](OC(=O)c1ccccc1O)c1ccc(F)cc1. The molecule has 0 bridgehead atoms. The van der Waals surface area contributed by atoms with Crippen LogP contribution in [-0.4, -0.2) is 11.1 Å². The lowest BCUT2D eigenvalue weighted by molar-refractivity contribution is 0.0334. The zero-order valence-electron chi connectivity index (χ0n) is 10.3. The van der Waals surface area contributed by atoms with E-state index in [0.29, 0.717) is 5.56 Å². The predicted molar refractivity (Wildman–Crippen MR) is 68.3 cm³/mol. The second-order valence-corrected chi connectivity index (χ2v) is 4.12. The maximum Gasteiger partial charge on any atom is 0.342 e. The number of halogens is 1. The zero-order chi connectivity index (χ0) is 13.8. The normalized spacial score (nSPS) is 11.9. The van der Waals surface area contributed by atoms with Crippen molar-refractivity contribution in [2.24, 2.45) is 0 Å². The van der Waals surface area contributed by atoms with Gasteiger partial charge in [-0.1, -0.05) is 24.3 Å². The third kappa shape index (κ3) is 3.10. The topological polar surface area (TPSA) is 46.5 Å². The summed E-state index contributed by atoms with van der Waals surface area (Å²) in [5, 5.41) is 9.55. The van der Waals surface area contributed by atoms with Gasteiger partial charge in [-0.05, 0) is 36.8 Å². The molecule has 2 rings (SSSR count). The van der Waals surface area contributed by atoms with Crippen molar-refractivity contribution in [1.82, 2.24) is 0 Å². The van der Waals surface area contributed by atoms with Gasteiger partial charge in [-0.25, -0.2) is 9.18 Å². The third-order valence-corrected chi connectivity index (χ3v) is 2.75. The lowest BCUT2D eigenvalue weighted by Crippen LogP contribution is -2.09. The summed E-state index contributed by atoms with van der Waals surface area (Å²) >= 11 is 0. The summed E-state index contributed by atoms with van der Waals surface area (Å²) in [7, 11) is 0. The van der Waals surface area contributed by atoms with Crippen molar-refractivity contribution in [3.8, 4) is 5.75 Å². The van der Waals surface area contributed by atoms with Crippen LogP contribution >= 0.6 is 0 Å². The molecule has 2 aromatic rings. The molecule has 0 spiro atoms. The molecule has 0 aliphatic rings. The van der Waals surface area contributed by atoms with Gasteiger partial charge < -0.3 is 9.84 Å². The summed E-state index contributed by atoms with van der Waals surface area (Å²) in [6.45, 7) is 1.69. The Morgan fingerprint density at radius 3 is 2.42 bits per heavy atom. The number of ether oxygens (including phenoxy) is 1. The number of carbonyl (C=O) groups is 1. The molecule has 0 heterocycles. The summed E-state index contributed by atoms with van der Waals surface area (Å²) in [4.78, 5) is 11.9. The van der Waals surface area contributed by atoms with E-state index in [1.165, 1.54) is 24.3 Å². The molecule has 1 N–H and O–H groups in total. The highest BCUT2D eigenvalue weighted by atomic mass is 19.1. The van der Waals surface area contributed by atoms with E-state index in [4.69, 9.17) is 4.74 Å². The first-order valence-electron chi connectivity index (χ1n) is 5.82. The van der Waals surface area contributed by atoms with Crippen LogP contribution in [0.25, 0.3) is 0 Å². The molecule has 3 nitrogen and oxygen atoms in total. The molecule has 0 unspecified atom stereocenters. The molecular formula is C15H13FO3. The van der Waals surface area contributed by atoms with Crippen LogP contribution in [0.15, 0.2) is 48.5 Å². The molecule has 0 amide bonds. The van der Waals surface area contributed by atoms with Crippen molar-refractivity contribution >= 4 is 5.97 Å². The van der Waals surface area contributed by atoms with Crippen molar-refractivity contribution in [1.29, 1.82) is 0 Å². The van der Waals surface area contributed by atoms with Gasteiger partial charge in [-0.3, -0.25) is 0 Å². The number of carbonyl (C=O) groups excluding carboxylic acids is 1. The molecule has 98 valence electrons. The van der Waals surface area contributed by atoms with Crippen molar-refractivity contribution in [3.05, 3.63) is 65.5 Å². The average molecular weight is 260 g/mol. The maximum atomic E-state index is 12.8. The van der Waals surface area contributed by atoms with E-state index in [-0.39, 0.29) is 17.1 Å². The Morgan fingerprint density at radius 2 is 1.79 bits per heavy atom. The summed E-state index contributed by atoms with van der Waals surface area (Å²) in [6, 6.07) is 11.9. The van der Waals surface area contributed by atoms with E-state index in [1.807, 2.05) is 0 Å². The minimum atomic E-state index is -0.616. The molecule has 0 radical (unpaired) electrons. The summed E-state index contributed by atoms with van der Waals surface area (Å²) in [5.74, 6) is -1.09. The highest BCUT2D eigenvalue weighted by molar-refractivity contribution is 5.92. The van der Waals surface area contributed by atoms with Gasteiger partial charge in [0.05, 0.1) is 0 Å². The Hall–Kier alpha value is -2.36. The second kappa shape index (κ2) is 5.52. The first kappa shape index (κ1) is 13.1. The third-order valence-electron chi connectivity index (χ3n) is 2.75. The van der Waals surface area contributed by atoms with Gasteiger partial charge in [0.15, 0.2) is 0 Å². The first-order chi connectivity index (χ1) is 9.08. The number of aromatic hydroxyl groups is 1. The molecule has 0 aromatic heterocycles. The minimum absolute atomic E-state index is 0.108. The second-order valence-electron chi connectivity index (χ2n) is 4.12. The molecule has 19 heavy (non-hydrogen) atoms. The van der Waals surface area contributed by atoms with E-state index in [0.717, 1.165) is 0 Å². The van der Waals surface area contributed by atoms with Crippen LogP contribution in [-0.2, 0) is 4.74 Å². The number of benzene rings is 2. The molecule has 2 aromatic carbocycles. The number of hydrogen-bond donors (Lipinski definition) is 1. The first-order valence-corrected chi connectivity index (χ1v) is 5.82. The zero-order valence-corrected chi connectivity index (χ0v) is 10.3. The van der Waals surface area contributed by atoms with Gasteiger partial charge in [0.1, 0.15) is 23.2 Å². The Morgan fingerprint density at radius 1 is 1.16 bits per heavy atom. The number of hydrogen-bond acceptors (Lipinski definition) is 3. The molecule has 0 aliphatic heterocycles. The lowest BCUT2D eigenvalue weighted by Gasteiger charge is -2.14. The number of phenols is 1. The van der Waals surface area contributed by atoms with Crippen molar-refractivity contribution in [2.45, 2.75) is 13.0 Å². The largest absolute Gasteiger partial charge is 0.507 e. The number of para-hydroxylation sites is 1. The van der Waals surface area contributed by atoms with Crippen molar-refractivity contribution in [3.63, 3.8) is 0 Å². The van der Waals surface area contributed by atoms with Gasteiger partial charge in [-0.2, -0.15) is 0 Å². The Balaban J connectivity index is 2.11. The summed E-state index contributed by atoms with van der Waals surface area (Å²) < 4.78 is 18.0. The van der Waals surface area contributed by atoms with Gasteiger partial charge in [0.25, 0.3) is 0 Å². The monoisotopic (exact) mass is 260 g/mol. The quantitative estimate of drug-likeness (QED) is 0.860. The van der Waals surface area contributed by atoms with Gasteiger partial charge in [0, 0.05) is 0 Å². The molecular weight excluding hydrogens is 247 g/mol.